The van der Waals surface area contributed by atoms with Gasteiger partial charge < -0.3 is 36.1 Å². The van der Waals surface area contributed by atoms with Crippen LogP contribution in [0.1, 0.15) is 60.8 Å². The summed E-state index contributed by atoms with van der Waals surface area (Å²) in [5.74, 6) is -2.47. The molecule has 218 valence electrons. The Labute approximate surface area is 235 Å². The van der Waals surface area contributed by atoms with Crippen molar-refractivity contribution in [3.05, 3.63) is 42.5 Å². The number of anilines is 1. The minimum Gasteiger partial charge on any atom is -0.444 e. The van der Waals surface area contributed by atoms with Crippen LogP contribution in [0.3, 0.4) is 0 Å². The van der Waals surface area contributed by atoms with E-state index < -0.39 is 54.6 Å². The Morgan fingerprint density at radius 3 is 2.15 bits per heavy atom. The first kappa shape index (κ1) is 32.6. The molecule has 0 saturated heterocycles. The molecule has 0 fully saturated rings. The van der Waals surface area contributed by atoms with Crippen molar-refractivity contribution < 1.29 is 34.0 Å². The smallest absolute Gasteiger partial charge is 0.444 e. The SMILES string of the molecule is CC(C)C[C@H](NC(=O)CC[C@H](NC(=O)[C@H](C)NC(=O)OC(C)(C)C)C(=O)Nc1ccc2ccccc2c1)B(O)O. The maximum Gasteiger partial charge on any atom is 0.475 e. The highest BCUT2D eigenvalue weighted by atomic mass is 16.6. The Bertz CT molecular complexity index is 1180. The molecule has 0 bridgehead atoms. The van der Waals surface area contributed by atoms with Crippen LogP contribution in [0.5, 0.6) is 0 Å². The Morgan fingerprint density at radius 2 is 1.55 bits per heavy atom. The molecule has 0 aliphatic carbocycles. The van der Waals surface area contributed by atoms with Gasteiger partial charge in [-0.3, -0.25) is 14.4 Å². The molecule has 3 atom stereocenters. The van der Waals surface area contributed by atoms with E-state index in [0.717, 1.165) is 10.8 Å². The van der Waals surface area contributed by atoms with Crippen molar-refractivity contribution in [2.45, 2.75) is 84.4 Å². The van der Waals surface area contributed by atoms with Gasteiger partial charge in [-0.25, -0.2) is 4.79 Å². The van der Waals surface area contributed by atoms with Crippen LogP contribution in [0.2, 0.25) is 0 Å². The van der Waals surface area contributed by atoms with Crippen LogP contribution in [0.4, 0.5) is 10.5 Å². The fourth-order valence-electron chi connectivity index (χ4n) is 3.93. The van der Waals surface area contributed by atoms with E-state index in [2.05, 4.69) is 21.3 Å². The number of rotatable bonds is 12. The number of hydrogen-bond acceptors (Lipinski definition) is 7. The summed E-state index contributed by atoms with van der Waals surface area (Å²) in [4.78, 5) is 50.9. The van der Waals surface area contributed by atoms with Gasteiger partial charge in [0.05, 0.1) is 5.94 Å². The molecule has 0 radical (unpaired) electrons. The second-order valence-corrected chi connectivity index (χ2v) is 11.2. The van der Waals surface area contributed by atoms with E-state index in [1.54, 1.807) is 32.9 Å². The van der Waals surface area contributed by atoms with Crippen molar-refractivity contribution >= 4 is 47.4 Å². The van der Waals surface area contributed by atoms with Crippen LogP contribution < -0.4 is 21.3 Å². The Kier molecular flexibility index (Phi) is 11.9. The summed E-state index contributed by atoms with van der Waals surface area (Å²) in [5.41, 5.74) is -0.251. The third kappa shape index (κ3) is 11.2. The van der Waals surface area contributed by atoms with Crippen molar-refractivity contribution in [2.75, 3.05) is 5.32 Å². The zero-order valence-electron chi connectivity index (χ0n) is 24.0. The Balaban J connectivity index is 2.13. The average Bonchev–Trinajstić information content (AvgIpc) is 2.84. The molecular weight excluding hydrogens is 515 g/mol. The molecule has 0 saturated carbocycles. The van der Waals surface area contributed by atoms with E-state index in [-0.39, 0.29) is 18.8 Å². The molecule has 4 amide bonds. The lowest BCUT2D eigenvalue weighted by Gasteiger charge is -2.24. The first-order valence-electron chi connectivity index (χ1n) is 13.4. The standard InChI is InChI=1S/C28H41BN4O7/c1-17(2)15-23(29(38)39)33-24(34)14-13-22(32-25(35)18(3)30-27(37)40-28(4,5)6)26(36)31-21-12-11-19-9-7-8-10-20(19)16-21/h7-12,16-18,22-23,38-39H,13-15H2,1-6H3,(H,30,37)(H,31,36)(H,32,35)(H,33,34)/t18-,22-,23-/m0/s1. The van der Waals surface area contributed by atoms with Gasteiger partial charge in [-0.15, -0.1) is 0 Å². The van der Waals surface area contributed by atoms with Crippen LogP contribution in [0, 0.1) is 5.92 Å². The van der Waals surface area contributed by atoms with Gasteiger partial charge in [0, 0.05) is 12.1 Å². The van der Waals surface area contributed by atoms with Crippen molar-refractivity contribution in [2.24, 2.45) is 5.92 Å². The topological polar surface area (TPSA) is 166 Å². The average molecular weight is 556 g/mol. The van der Waals surface area contributed by atoms with Crippen molar-refractivity contribution in [1.82, 2.24) is 16.0 Å². The molecule has 0 aliphatic heterocycles. The predicted octanol–water partition coefficient (Wildman–Crippen LogP) is 2.50. The van der Waals surface area contributed by atoms with Gasteiger partial charge in [-0.2, -0.15) is 0 Å². The van der Waals surface area contributed by atoms with E-state index in [4.69, 9.17) is 4.74 Å². The zero-order chi connectivity index (χ0) is 30.0. The van der Waals surface area contributed by atoms with Crippen LogP contribution >= 0.6 is 0 Å². The minimum atomic E-state index is -1.74. The van der Waals surface area contributed by atoms with Crippen molar-refractivity contribution in [1.29, 1.82) is 0 Å². The van der Waals surface area contributed by atoms with Gasteiger partial charge in [0.1, 0.15) is 17.7 Å². The summed E-state index contributed by atoms with van der Waals surface area (Å²) in [6, 6.07) is 10.9. The fraction of sp³-hybridized carbons (Fsp3) is 0.500. The van der Waals surface area contributed by atoms with Crippen LogP contribution in [0.25, 0.3) is 10.8 Å². The van der Waals surface area contributed by atoms with E-state index in [1.807, 2.05) is 44.2 Å². The number of ether oxygens (including phenoxy) is 1. The number of carbonyl (C=O) groups excluding carboxylic acids is 4. The predicted molar refractivity (Wildman–Crippen MR) is 154 cm³/mol. The number of carbonyl (C=O) groups is 4. The second-order valence-electron chi connectivity index (χ2n) is 11.2. The van der Waals surface area contributed by atoms with Crippen molar-refractivity contribution in [3.8, 4) is 0 Å². The number of alkyl carbamates (subject to hydrolysis) is 1. The van der Waals surface area contributed by atoms with Crippen LogP contribution in [-0.4, -0.2) is 64.6 Å². The summed E-state index contributed by atoms with van der Waals surface area (Å²) in [7, 11) is -1.74. The summed E-state index contributed by atoms with van der Waals surface area (Å²) < 4.78 is 5.18. The molecule has 0 heterocycles. The normalized spacial score (nSPS) is 13.6. The van der Waals surface area contributed by atoms with Crippen LogP contribution in [-0.2, 0) is 19.1 Å². The molecular formula is C28H41BN4O7. The van der Waals surface area contributed by atoms with Gasteiger partial charge in [0.25, 0.3) is 0 Å². The fourth-order valence-corrected chi connectivity index (χ4v) is 3.93. The highest BCUT2D eigenvalue weighted by Gasteiger charge is 2.29. The van der Waals surface area contributed by atoms with Gasteiger partial charge in [0.15, 0.2) is 0 Å². The van der Waals surface area contributed by atoms with E-state index in [0.29, 0.717) is 12.1 Å². The Morgan fingerprint density at radius 1 is 0.900 bits per heavy atom. The lowest BCUT2D eigenvalue weighted by Crippen LogP contribution is -2.52. The Hall–Kier alpha value is -3.64. The molecule has 6 N–H and O–H groups in total. The number of nitrogens with one attached hydrogen (secondary N) is 4. The molecule has 0 spiro atoms. The largest absolute Gasteiger partial charge is 0.475 e. The quantitative estimate of drug-likeness (QED) is 0.219. The van der Waals surface area contributed by atoms with Crippen LogP contribution in [0.15, 0.2) is 42.5 Å². The number of amides is 4. The molecule has 40 heavy (non-hydrogen) atoms. The molecule has 0 aromatic heterocycles. The zero-order valence-corrected chi connectivity index (χ0v) is 24.0. The third-order valence-corrected chi connectivity index (χ3v) is 5.87. The van der Waals surface area contributed by atoms with Gasteiger partial charge >= 0.3 is 13.2 Å². The second kappa shape index (κ2) is 14.7. The number of hydrogen-bond donors (Lipinski definition) is 6. The first-order chi connectivity index (χ1) is 18.6. The first-order valence-corrected chi connectivity index (χ1v) is 13.4. The summed E-state index contributed by atoms with van der Waals surface area (Å²) in [6.07, 6.45) is -0.692. The van der Waals surface area contributed by atoms with Gasteiger partial charge in [-0.1, -0.05) is 44.2 Å². The third-order valence-electron chi connectivity index (χ3n) is 5.87. The molecule has 12 heteroatoms. The molecule has 2 aromatic rings. The monoisotopic (exact) mass is 556 g/mol. The molecule has 0 aliphatic rings. The molecule has 11 nitrogen and oxygen atoms in total. The van der Waals surface area contributed by atoms with Gasteiger partial charge in [0.2, 0.25) is 17.7 Å². The van der Waals surface area contributed by atoms with Crippen molar-refractivity contribution in [3.63, 3.8) is 0 Å². The van der Waals surface area contributed by atoms with E-state index in [1.165, 1.54) is 6.92 Å². The lowest BCUT2D eigenvalue weighted by atomic mass is 9.75. The lowest BCUT2D eigenvalue weighted by molar-refractivity contribution is -0.128. The summed E-state index contributed by atoms with van der Waals surface area (Å²) >= 11 is 0. The highest BCUT2D eigenvalue weighted by molar-refractivity contribution is 6.43. The maximum atomic E-state index is 13.3. The summed E-state index contributed by atoms with van der Waals surface area (Å²) in [6.45, 7) is 10.3. The van der Waals surface area contributed by atoms with E-state index >= 15 is 0 Å². The molecule has 0 unspecified atom stereocenters. The number of benzene rings is 2. The maximum absolute atomic E-state index is 13.3. The molecule has 2 aromatic carbocycles. The van der Waals surface area contributed by atoms with E-state index in [9.17, 15) is 29.2 Å². The number of fused-ring (bicyclic) bond motifs is 1. The minimum absolute atomic E-state index is 0.0773. The van der Waals surface area contributed by atoms with Gasteiger partial charge in [-0.05, 0) is 69.4 Å². The molecule has 2 rings (SSSR count). The highest BCUT2D eigenvalue weighted by Crippen LogP contribution is 2.19. The summed E-state index contributed by atoms with van der Waals surface area (Å²) in [5, 5.41) is 31.5.